The third kappa shape index (κ3) is 4.85. The monoisotopic (exact) mass is 413 g/mol. The Kier molecular flexibility index (Phi) is 6.70. The number of amides is 1. The molecule has 1 amide bonds. The van der Waals surface area contributed by atoms with Gasteiger partial charge < -0.3 is 9.64 Å². The molecule has 0 unspecified atom stereocenters. The summed E-state index contributed by atoms with van der Waals surface area (Å²) in [6, 6.07) is 13.2. The molecule has 0 spiro atoms. The van der Waals surface area contributed by atoms with Crippen molar-refractivity contribution in [3.8, 4) is 0 Å². The fourth-order valence-electron chi connectivity index (χ4n) is 3.81. The number of piperidine rings is 1. The van der Waals surface area contributed by atoms with Crippen molar-refractivity contribution < 1.29 is 19.1 Å². The van der Waals surface area contributed by atoms with Crippen molar-refractivity contribution in [2.24, 2.45) is 0 Å². The van der Waals surface area contributed by atoms with Crippen LogP contribution in [0.3, 0.4) is 0 Å². The molecular formula is C23H24ClNO4. The topological polar surface area (TPSA) is 63.7 Å². The van der Waals surface area contributed by atoms with Crippen LogP contribution in [0.2, 0.25) is 5.02 Å². The van der Waals surface area contributed by atoms with Crippen LogP contribution >= 0.6 is 11.6 Å². The van der Waals surface area contributed by atoms with Crippen molar-refractivity contribution >= 4 is 29.3 Å². The Bertz CT molecular complexity index is 899. The molecule has 1 fully saturated rings. The highest BCUT2D eigenvalue weighted by molar-refractivity contribution is 6.30. The number of rotatable bonds is 5. The molecule has 1 aliphatic heterocycles. The summed E-state index contributed by atoms with van der Waals surface area (Å²) >= 11 is 5.88. The molecule has 6 heteroatoms. The van der Waals surface area contributed by atoms with Crippen molar-refractivity contribution in [2.45, 2.75) is 45.2 Å². The van der Waals surface area contributed by atoms with Crippen LogP contribution in [0.25, 0.3) is 0 Å². The lowest BCUT2D eigenvalue weighted by molar-refractivity contribution is -0.140. The van der Waals surface area contributed by atoms with Crippen molar-refractivity contribution in [1.82, 2.24) is 4.90 Å². The van der Waals surface area contributed by atoms with Crippen molar-refractivity contribution in [1.29, 1.82) is 0 Å². The summed E-state index contributed by atoms with van der Waals surface area (Å²) in [6.45, 7) is 3.68. The summed E-state index contributed by atoms with van der Waals surface area (Å²) in [7, 11) is 0. The van der Waals surface area contributed by atoms with Gasteiger partial charge in [-0.25, -0.2) is 4.79 Å². The van der Waals surface area contributed by atoms with Gasteiger partial charge in [-0.2, -0.15) is 0 Å². The highest BCUT2D eigenvalue weighted by Gasteiger charge is 2.29. The molecule has 5 nitrogen and oxygen atoms in total. The molecule has 0 bridgehead atoms. The van der Waals surface area contributed by atoms with Gasteiger partial charge >= 0.3 is 5.97 Å². The van der Waals surface area contributed by atoms with Gasteiger partial charge in [-0.3, -0.25) is 9.59 Å². The lowest BCUT2D eigenvalue weighted by Gasteiger charge is -2.38. The van der Waals surface area contributed by atoms with Crippen LogP contribution in [0.1, 0.15) is 59.4 Å². The molecule has 3 rings (SSSR count). The van der Waals surface area contributed by atoms with Gasteiger partial charge in [0.2, 0.25) is 0 Å². The van der Waals surface area contributed by atoms with Crippen LogP contribution in [-0.2, 0) is 9.53 Å². The van der Waals surface area contributed by atoms with Crippen LogP contribution in [0.4, 0.5) is 0 Å². The van der Waals surface area contributed by atoms with E-state index >= 15 is 0 Å². The number of carbonyl (C=O) groups is 3. The number of halogens is 1. The maximum Gasteiger partial charge on any atom is 0.339 e. The summed E-state index contributed by atoms with van der Waals surface area (Å²) in [5, 5.41) is 0.522. The van der Waals surface area contributed by atoms with Gasteiger partial charge in [0, 0.05) is 28.2 Å². The Labute approximate surface area is 175 Å². The zero-order valence-electron chi connectivity index (χ0n) is 16.6. The normalized spacial score (nSPS) is 18.9. The Hall–Kier alpha value is -2.66. The molecule has 1 saturated heterocycles. The zero-order valence-corrected chi connectivity index (χ0v) is 17.3. The second-order valence-electron chi connectivity index (χ2n) is 7.39. The van der Waals surface area contributed by atoms with Crippen LogP contribution in [0.15, 0.2) is 48.5 Å². The lowest BCUT2D eigenvalue weighted by atomic mass is 9.97. The summed E-state index contributed by atoms with van der Waals surface area (Å²) in [5.74, 6) is -1.20. The molecule has 1 heterocycles. The van der Waals surface area contributed by atoms with Gasteiger partial charge in [0.05, 0.1) is 5.56 Å². The first-order valence-electron chi connectivity index (χ1n) is 9.76. The number of likely N-dealkylation sites (tertiary alicyclic amines) is 1. The number of ether oxygens (including phenoxy) is 1. The Morgan fingerprint density at radius 1 is 0.966 bits per heavy atom. The van der Waals surface area contributed by atoms with E-state index in [1.54, 1.807) is 47.4 Å². The minimum Gasteiger partial charge on any atom is -0.452 e. The number of nitrogens with zero attached hydrogens (tertiary/aromatic N) is 1. The third-order valence-electron chi connectivity index (χ3n) is 5.31. The van der Waals surface area contributed by atoms with Gasteiger partial charge in [0.25, 0.3) is 5.91 Å². The lowest BCUT2D eigenvalue weighted by Crippen LogP contribution is -2.49. The Balaban J connectivity index is 1.72. The quantitative estimate of drug-likeness (QED) is 0.534. The van der Waals surface area contributed by atoms with E-state index in [-0.39, 0.29) is 41.5 Å². The van der Waals surface area contributed by atoms with Crippen LogP contribution in [-0.4, -0.2) is 41.3 Å². The summed E-state index contributed by atoms with van der Waals surface area (Å²) in [6.07, 6.45) is 2.98. The molecular weight excluding hydrogens is 390 g/mol. The highest BCUT2D eigenvalue weighted by Crippen LogP contribution is 2.23. The number of benzene rings is 2. The summed E-state index contributed by atoms with van der Waals surface area (Å²) in [5.41, 5.74) is 0.786. The van der Waals surface area contributed by atoms with Crippen LogP contribution in [0.5, 0.6) is 0 Å². The predicted octanol–water partition coefficient (Wildman–Crippen LogP) is 4.52. The van der Waals surface area contributed by atoms with E-state index in [1.165, 1.54) is 6.07 Å². The largest absolute Gasteiger partial charge is 0.452 e. The second kappa shape index (κ2) is 9.23. The van der Waals surface area contributed by atoms with E-state index < -0.39 is 5.97 Å². The van der Waals surface area contributed by atoms with Gasteiger partial charge in [-0.15, -0.1) is 0 Å². The van der Waals surface area contributed by atoms with E-state index in [0.29, 0.717) is 10.6 Å². The number of carbonyl (C=O) groups excluding carboxylic acids is 3. The Morgan fingerprint density at radius 3 is 2.17 bits per heavy atom. The average molecular weight is 414 g/mol. The molecule has 2 aromatic rings. The van der Waals surface area contributed by atoms with Gasteiger partial charge in [-0.05, 0) is 63.4 Å². The molecule has 0 radical (unpaired) electrons. The minimum absolute atomic E-state index is 0.128. The van der Waals surface area contributed by atoms with Crippen molar-refractivity contribution in [2.75, 3.05) is 6.61 Å². The highest BCUT2D eigenvalue weighted by atomic mass is 35.5. The van der Waals surface area contributed by atoms with E-state index in [4.69, 9.17) is 16.3 Å². The SMILES string of the molecule is C[C@@H]1CCC[C@H](C)N1C(=O)COC(=O)c1ccccc1C(=O)c1ccc(Cl)cc1. The molecule has 152 valence electrons. The van der Waals surface area contributed by atoms with E-state index in [2.05, 4.69) is 0 Å². The first-order chi connectivity index (χ1) is 13.9. The standard InChI is InChI=1S/C23H24ClNO4/c1-15-6-5-7-16(2)25(15)21(26)14-29-23(28)20-9-4-3-8-19(20)22(27)17-10-12-18(24)13-11-17/h3-4,8-13,15-16H,5-7,14H2,1-2H3/t15-,16+. The maximum absolute atomic E-state index is 12.8. The number of hydrogen-bond donors (Lipinski definition) is 0. The first-order valence-corrected chi connectivity index (χ1v) is 10.1. The molecule has 0 aromatic heterocycles. The van der Waals surface area contributed by atoms with E-state index in [9.17, 15) is 14.4 Å². The van der Waals surface area contributed by atoms with Gasteiger partial charge in [0.15, 0.2) is 12.4 Å². The third-order valence-corrected chi connectivity index (χ3v) is 5.56. The van der Waals surface area contributed by atoms with Crippen LogP contribution < -0.4 is 0 Å². The molecule has 2 aromatic carbocycles. The predicted molar refractivity (Wildman–Crippen MR) is 111 cm³/mol. The number of ketones is 1. The molecule has 0 saturated carbocycles. The maximum atomic E-state index is 12.8. The smallest absolute Gasteiger partial charge is 0.339 e. The fraction of sp³-hybridized carbons (Fsp3) is 0.348. The fourth-order valence-corrected chi connectivity index (χ4v) is 3.93. The van der Waals surface area contributed by atoms with Gasteiger partial charge in [-0.1, -0.05) is 29.8 Å². The molecule has 0 N–H and O–H groups in total. The van der Waals surface area contributed by atoms with E-state index in [1.807, 2.05) is 13.8 Å². The molecule has 0 aliphatic carbocycles. The zero-order chi connectivity index (χ0) is 21.0. The second-order valence-corrected chi connectivity index (χ2v) is 7.82. The molecule has 2 atom stereocenters. The minimum atomic E-state index is -0.687. The van der Waals surface area contributed by atoms with Crippen molar-refractivity contribution in [3.05, 3.63) is 70.2 Å². The molecule has 29 heavy (non-hydrogen) atoms. The Morgan fingerprint density at radius 2 is 1.55 bits per heavy atom. The number of esters is 1. The number of hydrogen-bond acceptors (Lipinski definition) is 4. The molecule has 1 aliphatic rings. The van der Waals surface area contributed by atoms with Crippen LogP contribution in [0, 0.1) is 0 Å². The summed E-state index contributed by atoms with van der Waals surface area (Å²) in [4.78, 5) is 39.9. The first kappa shape index (κ1) is 21.1. The van der Waals surface area contributed by atoms with Gasteiger partial charge in [0.1, 0.15) is 0 Å². The van der Waals surface area contributed by atoms with Crippen molar-refractivity contribution in [3.63, 3.8) is 0 Å². The summed E-state index contributed by atoms with van der Waals surface area (Å²) < 4.78 is 5.28. The average Bonchev–Trinajstić information content (AvgIpc) is 2.72. The van der Waals surface area contributed by atoms with E-state index in [0.717, 1.165) is 19.3 Å².